The topological polar surface area (TPSA) is 67.4 Å². The maximum Gasteiger partial charge on any atom is 0.262 e. The summed E-state index contributed by atoms with van der Waals surface area (Å²) in [6.07, 6.45) is 0.852. The Morgan fingerprint density at radius 1 is 1.15 bits per heavy atom. The van der Waals surface area contributed by atoms with Crippen molar-refractivity contribution in [3.05, 3.63) is 57.0 Å². The van der Waals surface area contributed by atoms with Crippen molar-refractivity contribution in [3.63, 3.8) is 0 Å². The third kappa shape index (κ3) is 6.14. The van der Waals surface area contributed by atoms with Gasteiger partial charge in [-0.25, -0.2) is 0 Å². The number of halogens is 2. The van der Waals surface area contributed by atoms with Gasteiger partial charge in [0.15, 0.2) is 6.61 Å². The number of nitrogens with one attached hydrogen (secondary N) is 2. The Balaban J connectivity index is 1.94. The number of benzene rings is 2. The van der Waals surface area contributed by atoms with Crippen LogP contribution >= 0.6 is 31.9 Å². The van der Waals surface area contributed by atoms with Crippen LogP contribution in [0.3, 0.4) is 0 Å². The van der Waals surface area contributed by atoms with Crippen LogP contribution in [0.1, 0.15) is 30.6 Å². The predicted molar refractivity (Wildman–Crippen MR) is 110 cm³/mol. The van der Waals surface area contributed by atoms with Crippen LogP contribution in [-0.2, 0) is 4.79 Å². The highest BCUT2D eigenvalue weighted by Crippen LogP contribution is 2.28. The summed E-state index contributed by atoms with van der Waals surface area (Å²) in [6.45, 7) is 3.82. The van der Waals surface area contributed by atoms with E-state index in [0.717, 1.165) is 15.4 Å². The standard InChI is InChI=1S/C19H20Br2N2O3/c1-3-12(2)22-19(25)13-5-4-6-15(9-13)23-18(24)11-26-17-8-7-14(20)10-16(17)21/h4-10,12H,3,11H2,1-2H3,(H,22,25)(H,23,24). The molecule has 1 unspecified atom stereocenters. The number of rotatable bonds is 7. The third-order valence-electron chi connectivity index (χ3n) is 3.65. The molecule has 0 radical (unpaired) electrons. The molecule has 0 aliphatic rings. The van der Waals surface area contributed by atoms with E-state index in [1.165, 1.54) is 0 Å². The molecule has 0 aliphatic carbocycles. The van der Waals surface area contributed by atoms with Gasteiger partial charge in [-0.05, 0) is 65.7 Å². The number of hydrogen-bond acceptors (Lipinski definition) is 3. The molecule has 0 bridgehead atoms. The van der Waals surface area contributed by atoms with E-state index in [4.69, 9.17) is 4.74 Å². The molecule has 0 fully saturated rings. The Morgan fingerprint density at radius 2 is 1.92 bits per heavy atom. The number of hydrogen-bond donors (Lipinski definition) is 2. The minimum Gasteiger partial charge on any atom is -0.483 e. The molecular weight excluding hydrogens is 464 g/mol. The molecular formula is C19H20Br2N2O3. The average Bonchev–Trinajstić information content (AvgIpc) is 2.61. The van der Waals surface area contributed by atoms with Crippen molar-refractivity contribution in [2.24, 2.45) is 0 Å². The Morgan fingerprint density at radius 3 is 2.62 bits per heavy atom. The molecule has 138 valence electrons. The first-order valence-electron chi connectivity index (χ1n) is 8.17. The summed E-state index contributed by atoms with van der Waals surface area (Å²) < 4.78 is 7.18. The summed E-state index contributed by atoms with van der Waals surface area (Å²) in [5, 5.41) is 5.64. The zero-order chi connectivity index (χ0) is 19.1. The highest BCUT2D eigenvalue weighted by Gasteiger charge is 2.11. The smallest absolute Gasteiger partial charge is 0.262 e. The summed E-state index contributed by atoms with van der Waals surface area (Å²) in [5.41, 5.74) is 1.05. The second-order valence-corrected chi connectivity index (χ2v) is 7.55. The number of amides is 2. The van der Waals surface area contributed by atoms with E-state index < -0.39 is 0 Å². The molecule has 0 aromatic heterocycles. The summed E-state index contributed by atoms with van der Waals surface area (Å²) >= 11 is 6.74. The zero-order valence-corrected chi connectivity index (χ0v) is 17.7. The first-order chi connectivity index (χ1) is 12.4. The molecule has 7 heteroatoms. The van der Waals surface area contributed by atoms with Crippen molar-refractivity contribution >= 4 is 49.4 Å². The molecule has 0 saturated heterocycles. The largest absolute Gasteiger partial charge is 0.483 e. The van der Waals surface area contributed by atoms with Gasteiger partial charge in [0.05, 0.1) is 4.47 Å². The first-order valence-corrected chi connectivity index (χ1v) is 9.76. The average molecular weight is 484 g/mol. The predicted octanol–water partition coefficient (Wildman–Crippen LogP) is 4.76. The minimum atomic E-state index is -0.306. The van der Waals surface area contributed by atoms with Gasteiger partial charge in [0.2, 0.25) is 0 Å². The molecule has 1 atom stereocenters. The van der Waals surface area contributed by atoms with Gasteiger partial charge in [0.1, 0.15) is 5.75 Å². The highest BCUT2D eigenvalue weighted by molar-refractivity contribution is 9.11. The summed E-state index contributed by atoms with van der Waals surface area (Å²) in [6, 6.07) is 12.3. The Labute approximate surface area is 169 Å². The molecule has 0 heterocycles. The number of carbonyl (C=O) groups is 2. The van der Waals surface area contributed by atoms with Gasteiger partial charge < -0.3 is 15.4 Å². The monoisotopic (exact) mass is 482 g/mol. The highest BCUT2D eigenvalue weighted by atomic mass is 79.9. The van der Waals surface area contributed by atoms with Gasteiger partial charge in [-0.2, -0.15) is 0 Å². The molecule has 5 nitrogen and oxygen atoms in total. The fraction of sp³-hybridized carbons (Fsp3) is 0.263. The first kappa shape index (κ1) is 20.5. The fourth-order valence-corrected chi connectivity index (χ4v) is 3.24. The number of anilines is 1. The van der Waals surface area contributed by atoms with Gasteiger partial charge in [0, 0.05) is 21.8 Å². The van der Waals surface area contributed by atoms with E-state index in [-0.39, 0.29) is 24.5 Å². The number of ether oxygens (including phenoxy) is 1. The van der Waals surface area contributed by atoms with E-state index in [9.17, 15) is 9.59 Å². The van der Waals surface area contributed by atoms with Gasteiger partial charge in [-0.15, -0.1) is 0 Å². The summed E-state index contributed by atoms with van der Waals surface area (Å²) in [5.74, 6) is 0.106. The van der Waals surface area contributed by atoms with Crippen LogP contribution in [0.2, 0.25) is 0 Å². The van der Waals surface area contributed by atoms with Crippen molar-refractivity contribution in [1.82, 2.24) is 5.32 Å². The molecule has 0 aliphatic heterocycles. The molecule has 0 spiro atoms. The lowest BCUT2D eigenvalue weighted by Crippen LogP contribution is -2.32. The molecule has 2 aromatic rings. The van der Waals surface area contributed by atoms with Crippen molar-refractivity contribution in [2.75, 3.05) is 11.9 Å². The maximum absolute atomic E-state index is 12.2. The van der Waals surface area contributed by atoms with E-state index in [0.29, 0.717) is 17.0 Å². The Bertz CT molecular complexity index is 796. The molecule has 2 aromatic carbocycles. The lowest BCUT2D eigenvalue weighted by Gasteiger charge is -2.12. The molecule has 26 heavy (non-hydrogen) atoms. The molecule has 0 saturated carbocycles. The maximum atomic E-state index is 12.2. The van der Waals surface area contributed by atoms with Crippen molar-refractivity contribution in [1.29, 1.82) is 0 Å². The fourth-order valence-electron chi connectivity index (χ4n) is 2.08. The van der Waals surface area contributed by atoms with Crippen LogP contribution in [0, 0.1) is 0 Å². The second-order valence-electron chi connectivity index (χ2n) is 5.78. The SMILES string of the molecule is CCC(C)NC(=O)c1cccc(NC(=O)COc2ccc(Br)cc2Br)c1. The van der Waals surface area contributed by atoms with Crippen molar-refractivity contribution in [3.8, 4) is 5.75 Å². The van der Waals surface area contributed by atoms with Crippen LogP contribution in [0.15, 0.2) is 51.4 Å². The second kappa shape index (κ2) is 9.73. The third-order valence-corrected chi connectivity index (χ3v) is 4.76. The summed E-state index contributed by atoms with van der Waals surface area (Å²) in [4.78, 5) is 24.3. The Kier molecular flexibility index (Phi) is 7.66. The minimum absolute atomic E-state index is 0.0958. The summed E-state index contributed by atoms with van der Waals surface area (Å²) in [7, 11) is 0. The van der Waals surface area contributed by atoms with Gasteiger partial charge in [0.25, 0.3) is 11.8 Å². The molecule has 2 amide bonds. The molecule has 2 N–H and O–H groups in total. The van der Waals surface area contributed by atoms with Crippen LogP contribution in [0.25, 0.3) is 0 Å². The van der Waals surface area contributed by atoms with E-state index in [2.05, 4.69) is 42.5 Å². The zero-order valence-electron chi connectivity index (χ0n) is 14.5. The molecule has 2 rings (SSSR count). The van der Waals surface area contributed by atoms with Crippen LogP contribution in [0.5, 0.6) is 5.75 Å². The van der Waals surface area contributed by atoms with Crippen LogP contribution in [0.4, 0.5) is 5.69 Å². The van der Waals surface area contributed by atoms with E-state index in [1.807, 2.05) is 26.0 Å². The van der Waals surface area contributed by atoms with Crippen LogP contribution in [-0.4, -0.2) is 24.5 Å². The van der Waals surface area contributed by atoms with Crippen LogP contribution < -0.4 is 15.4 Å². The lowest BCUT2D eigenvalue weighted by atomic mass is 10.1. The Hall–Kier alpha value is -1.86. The lowest BCUT2D eigenvalue weighted by molar-refractivity contribution is -0.118. The number of carbonyl (C=O) groups excluding carboxylic acids is 2. The van der Waals surface area contributed by atoms with Gasteiger partial charge in [-0.1, -0.05) is 28.9 Å². The quantitative estimate of drug-likeness (QED) is 0.596. The van der Waals surface area contributed by atoms with Gasteiger partial charge >= 0.3 is 0 Å². The van der Waals surface area contributed by atoms with E-state index in [1.54, 1.807) is 30.3 Å². The normalized spacial score (nSPS) is 11.5. The van der Waals surface area contributed by atoms with E-state index >= 15 is 0 Å². The van der Waals surface area contributed by atoms with Crippen molar-refractivity contribution < 1.29 is 14.3 Å². The van der Waals surface area contributed by atoms with Crippen molar-refractivity contribution in [2.45, 2.75) is 26.3 Å². The van der Waals surface area contributed by atoms with Gasteiger partial charge in [-0.3, -0.25) is 9.59 Å².